The van der Waals surface area contributed by atoms with E-state index in [1.165, 1.54) is 11.3 Å². The molecule has 2 heterocycles. The largest absolute Gasteiger partial charge is 0.339 e. The predicted molar refractivity (Wildman–Crippen MR) is 54.1 cm³/mol. The number of amides is 1. The topological polar surface area (TPSA) is 66.4 Å². The van der Waals surface area contributed by atoms with Crippen molar-refractivity contribution in [2.24, 2.45) is 4.99 Å². The maximum atomic E-state index is 11.5. The molecule has 0 spiro atoms. The Morgan fingerprint density at radius 3 is 3.21 bits per heavy atom. The number of aliphatic imine (C=N–C) groups is 1. The van der Waals surface area contributed by atoms with E-state index in [9.17, 15) is 4.79 Å². The average Bonchev–Trinajstić information content (AvgIpc) is 2.74. The number of carbonyl (C=O) groups is 1. The molecule has 1 amide bonds. The summed E-state index contributed by atoms with van der Waals surface area (Å²) in [5.41, 5.74) is 2.45. The average molecular weight is 210 g/mol. The zero-order valence-corrected chi connectivity index (χ0v) is 8.47. The first-order valence-corrected chi connectivity index (χ1v) is 5.25. The van der Waals surface area contributed by atoms with E-state index in [1.807, 2.05) is 12.3 Å². The van der Waals surface area contributed by atoms with Crippen LogP contribution in [0.15, 0.2) is 15.9 Å². The first-order valence-electron chi connectivity index (χ1n) is 4.31. The standard InChI is InChI=1S/C8H10N4OS/c1-2-9-8-11-6(7(13)12-8)5-3-14-4-10-5/h3-4,6H,2H2,1H3,(H2,9,11,12,13). The van der Waals surface area contributed by atoms with Gasteiger partial charge in [-0.2, -0.15) is 0 Å². The number of nitrogens with one attached hydrogen (secondary N) is 2. The Labute approximate surface area is 85.3 Å². The van der Waals surface area contributed by atoms with Crippen LogP contribution in [0.3, 0.4) is 0 Å². The molecule has 1 unspecified atom stereocenters. The molecule has 0 aliphatic carbocycles. The van der Waals surface area contributed by atoms with Crippen LogP contribution in [0.25, 0.3) is 0 Å². The summed E-state index contributed by atoms with van der Waals surface area (Å²) >= 11 is 1.47. The second-order valence-corrected chi connectivity index (χ2v) is 3.52. The van der Waals surface area contributed by atoms with Gasteiger partial charge >= 0.3 is 0 Å². The quantitative estimate of drug-likeness (QED) is 0.736. The summed E-state index contributed by atoms with van der Waals surface area (Å²) in [5.74, 6) is 0.443. The predicted octanol–water partition coefficient (Wildman–Crippen LogP) is 0.280. The van der Waals surface area contributed by atoms with Crippen molar-refractivity contribution >= 4 is 23.2 Å². The fourth-order valence-corrected chi connectivity index (χ4v) is 1.82. The van der Waals surface area contributed by atoms with Gasteiger partial charge in [0.25, 0.3) is 5.91 Å². The molecular formula is C8H10N4OS. The highest BCUT2D eigenvalue weighted by Gasteiger charge is 2.30. The summed E-state index contributed by atoms with van der Waals surface area (Å²) in [4.78, 5) is 19.6. The van der Waals surface area contributed by atoms with Crippen LogP contribution in [0.4, 0.5) is 0 Å². The molecule has 0 saturated carbocycles. The highest BCUT2D eigenvalue weighted by atomic mass is 32.1. The maximum absolute atomic E-state index is 11.5. The van der Waals surface area contributed by atoms with Gasteiger partial charge in [0.1, 0.15) is 0 Å². The fourth-order valence-electron chi connectivity index (χ4n) is 1.24. The number of guanidine groups is 1. The van der Waals surface area contributed by atoms with Crippen molar-refractivity contribution in [1.82, 2.24) is 15.6 Å². The summed E-state index contributed by atoms with van der Waals surface area (Å²) in [5, 5.41) is 7.49. The number of hydrogen-bond donors (Lipinski definition) is 2. The summed E-state index contributed by atoms with van der Waals surface area (Å²) in [6.07, 6.45) is 0. The van der Waals surface area contributed by atoms with Crippen LogP contribution >= 0.6 is 11.3 Å². The lowest BCUT2D eigenvalue weighted by atomic mass is 10.2. The van der Waals surface area contributed by atoms with Gasteiger partial charge in [0.15, 0.2) is 12.0 Å². The van der Waals surface area contributed by atoms with Crippen LogP contribution in [-0.2, 0) is 4.79 Å². The molecule has 1 aromatic heterocycles. The number of hydrogen-bond acceptors (Lipinski definition) is 4. The molecule has 1 aliphatic heterocycles. The molecule has 74 valence electrons. The van der Waals surface area contributed by atoms with Crippen molar-refractivity contribution in [1.29, 1.82) is 0 Å². The van der Waals surface area contributed by atoms with E-state index < -0.39 is 0 Å². The minimum atomic E-state index is -0.383. The molecule has 0 aromatic carbocycles. The summed E-state index contributed by atoms with van der Waals surface area (Å²) in [6.45, 7) is 2.56. The van der Waals surface area contributed by atoms with Gasteiger partial charge in [0, 0.05) is 11.9 Å². The Hall–Kier alpha value is -1.43. The van der Waals surface area contributed by atoms with Gasteiger partial charge in [-0.25, -0.2) is 4.98 Å². The Balaban J connectivity index is 2.17. The smallest absolute Gasteiger partial charge is 0.255 e. The van der Waals surface area contributed by atoms with Crippen molar-refractivity contribution in [3.05, 3.63) is 16.6 Å². The van der Waals surface area contributed by atoms with Crippen molar-refractivity contribution < 1.29 is 4.79 Å². The zero-order valence-electron chi connectivity index (χ0n) is 7.65. The van der Waals surface area contributed by atoms with Gasteiger partial charge in [-0.1, -0.05) is 0 Å². The Kier molecular flexibility index (Phi) is 2.45. The van der Waals surface area contributed by atoms with E-state index in [0.717, 1.165) is 5.69 Å². The molecule has 0 radical (unpaired) electrons. The molecule has 5 nitrogen and oxygen atoms in total. The zero-order chi connectivity index (χ0) is 9.97. The van der Waals surface area contributed by atoms with Crippen LogP contribution in [0, 0.1) is 0 Å². The van der Waals surface area contributed by atoms with Crippen LogP contribution < -0.4 is 10.6 Å². The van der Waals surface area contributed by atoms with E-state index in [-0.39, 0.29) is 11.9 Å². The minimum absolute atomic E-state index is 0.0944. The van der Waals surface area contributed by atoms with Crippen LogP contribution in [-0.4, -0.2) is 23.4 Å². The Morgan fingerprint density at radius 2 is 2.57 bits per heavy atom. The molecule has 1 aromatic rings. The summed E-state index contributed by atoms with van der Waals surface area (Å²) < 4.78 is 0. The first-order chi connectivity index (χ1) is 6.81. The molecular weight excluding hydrogens is 200 g/mol. The Morgan fingerprint density at radius 1 is 1.71 bits per heavy atom. The monoisotopic (exact) mass is 210 g/mol. The lowest BCUT2D eigenvalue weighted by Crippen LogP contribution is -2.25. The SMILES string of the molecule is CCN=C1NC(=O)C(c2cscn2)N1. The van der Waals surface area contributed by atoms with Crippen LogP contribution in [0.5, 0.6) is 0 Å². The maximum Gasteiger partial charge on any atom is 0.255 e. The lowest BCUT2D eigenvalue weighted by molar-refractivity contribution is -0.120. The van der Waals surface area contributed by atoms with Crippen molar-refractivity contribution in [2.45, 2.75) is 13.0 Å². The molecule has 1 aliphatic rings. The van der Waals surface area contributed by atoms with Gasteiger partial charge in [-0.3, -0.25) is 15.1 Å². The van der Waals surface area contributed by atoms with Gasteiger partial charge in [-0.05, 0) is 6.92 Å². The number of carbonyl (C=O) groups excluding carboxylic acids is 1. The third kappa shape index (κ3) is 1.60. The normalized spacial score (nSPS) is 23.6. The van der Waals surface area contributed by atoms with Crippen molar-refractivity contribution in [3.63, 3.8) is 0 Å². The second kappa shape index (κ2) is 3.75. The van der Waals surface area contributed by atoms with E-state index >= 15 is 0 Å². The number of rotatable bonds is 2. The molecule has 1 atom stereocenters. The molecule has 6 heteroatoms. The van der Waals surface area contributed by atoms with E-state index in [0.29, 0.717) is 12.5 Å². The molecule has 0 bridgehead atoms. The van der Waals surface area contributed by atoms with E-state index in [4.69, 9.17) is 0 Å². The highest BCUT2D eigenvalue weighted by molar-refractivity contribution is 7.07. The minimum Gasteiger partial charge on any atom is -0.339 e. The molecule has 14 heavy (non-hydrogen) atoms. The van der Waals surface area contributed by atoms with Gasteiger partial charge < -0.3 is 5.32 Å². The van der Waals surface area contributed by atoms with Gasteiger partial charge in [0.05, 0.1) is 11.2 Å². The number of nitrogens with zero attached hydrogens (tertiary/aromatic N) is 2. The third-order valence-corrected chi connectivity index (χ3v) is 2.45. The molecule has 2 N–H and O–H groups in total. The number of aromatic nitrogens is 1. The second-order valence-electron chi connectivity index (χ2n) is 2.80. The van der Waals surface area contributed by atoms with Crippen LogP contribution in [0.1, 0.15) is 18.7 Å². The molecule has 2 rings (SSSR count). The van der Waals surface area contributed by atoms with E-state index in [1.54, 1.807) is 5.51 Å². The Bertz CT molecular complexity index is 359. The van der Waals surface area contributed by atoms with Crippen LogP contribution in [0.2, 0.25) is 0 Å². The van der Waals surface area contributed by atoms with E-state index in [2.05, 4.69) is 20.6 Å². The molecule has 1 fully saturated rings. The number of thiazole rings is 1. The van der Waals surface area contributed by atoms with Crippen molar-refractivity contribution in [3.8, 4) is 0 Å². The van der Waals surface area contributed by atoms with Crippen molar-refractivity contribution in [2.75, 3.05) is 6.54 Å². The first kappa shape index (κ1) is 9.14. The summed E-state index contributed by atoms with van der Waals surface area (Å²) in [6, 6.07) is -0.383. The lowest BCUT2D eigenvalue weighted by Gasteiger charge is -2.02. The molecule has 1 saturated heterocycles. The summed E-state index contributed by atoms with van der Waals surface area (Å²) in [7, 11) is 0. The third-order valence-electron chi connectivity index (χ3n) is 1.85. The fraction of sp³-hybridized carbons (Fsp3) is 0.375. The highest BCUT2D eigenvalue weighted by Crippen LogP contribution is 2.15. The van der Waals surface area contributed by atoms with Gasteiger partial charge in [0.2, 0.25) is 0 Å². The van der Waals surface area contributed by atoms with Gasteiger partial charge in [-0.15, -0.1) is 11.3 Å².